The third-order valence-corrected chi connectivity index (χ3v) is 3.14. The molecule has 0 amide bonds. The number of hydrogen-bond donors (Lipinski definition) is 2. The predicted octanol–water partition coefficient (Wildman–Crippen LogP) is 1.54. The van der Waals surface area contributed by atoms with Gasteiger partial charge >= 0.3 is 0 Å². The summed E-state index contributed by atoms with van der Waals surface area (Å²) in [6, 6.07) is 8.19. The standard InChI is InChI=1S/C13H20N2O/c1-2-13(16)11-5-3-4-6-12(11)15-9-7-14-8-10-15/h3-6,13-14,16H,2,7-10H2,1H3/t13-/m1/s1. The summed E-state index contributed by atoms with van der Waals surface area (Å²) in [6.07, 6.45) is 0.425. The highest BCUT2D eigenvalue weighted by molar-refractivity contribution is 5.55. The minimum absolute atomic E-state index is 0.342. The highest BCUT2D eigenvalue weighted by atomic mass is 16.3. The normalized spacial score (nSPS) is 18.5. The van der Waals surface area contributed by atoms with E-state index in [1.54, 1.807) is 0 Å². The Kier molecular flexibility index (Phi) is 3.80. The zero-order valence-electron chi connectivity index (χ0n) is 9.82. The van der Waals surface area contributed by atoms with E-state index < -0.39 is 0 Å². The highest BCUT2D eigenvalue weighted by Crippen LogP contribution is 2.28. The number of benzene rings is 1. The van der Waals surface area contributed by atoms with Crippen molar-refractivity contribution in [1.82, 2.24) is 5.32 Å². The molecule has 2 rings (SSSR count). The van der Waals surface area contributed by atoms with E-state index in [9.17, 15) is 5.11 Å². The first-order valence-corrected chi connectivity index (χ1v) is 6.05. The highest BCUT2D eigenvalue weighted by Gasteiger charge is 2.16. The summed E-state index contributed by atoms with van der Waals surface area (Å²) >= 11 is 0. The van der Waals surface area contributed by atoms with Crippen LogP contribution in [0.4, 0.5) is 5.69 Å². The van der Waals surface area contributed by atoms with E-state index in [0.29, 0.717) is 0 Å². The molecule has 1 aromatic carbocycles. The predicted molar refractivity (Wildman–Crippen MR) is 66.8 cm³/mol. The SMILES string of the molecule is CC[C@@H](O)c1ccccc1N1CCNCC1. The number of hydrogen-bond acceptors (Lipinski definition) is 3. The van der Waals surface area contributed by atoms with Crippen molar-refractivity contribution in [1.29, 1.82) is 0 Å². The van der Waals surface area contributed by atoms with Crippen molar-refractivity contribution in [2.24, 2.45) is 0 Å². The van der Waals surface area contributed by atoms with E-state index in [1.807, 2.05) is 25.1 Å². The van der Waals surface area contributed by atoms with Crippen molar-refractivity contribution in [2.45, 2.75) is 19.4 Å². The van der Waals surface area contributed by atoms with Crippen molar-refractivity contribution >= 4 is 5.69 Å². The lowest BCUT2D eigenvalue weighted by atomic mass is 10.0. The van der Waals surface area contributed by atoms with Crippen molar-refractivity contribution < 1.29 is 5.11 Å². The van der Waals surface area contributed by atoms with Gasteiger partial charge in [0.2, 0.25) is 0 Å². The summed E-state index contributed by atoms with van der Waals surface area (Å²) in [7, 11) is 0. The van der Waals surface area contributed by atoms with Gasteiger partial charge in [0.25, 0.3) is 0 Å². The van der Waals surface area contributed by atoms with Crippen molar-refractivity contribution in [3.63, 3.8) is 0 Å². The fraction of sp³-hybridized carbons (Fsp3) is 0.538. The van der Waals surface area contributed by atoms with Crippen molar-refractivity contribution in [2.75, 3.05) is 31.1 Å². The van der Waals surface area contributed by atoms with Crippen LogP contribution in [0.15, 0.2) is 24.3 Å². The van der Waals surface area contributed by atoms with Gasteiger partial charge in [-0.2, -0.15) is 0 Å². The second kappa shape index (κ2) is 5.32. The number of rotatable bonds is 3. The van der Waals surface area contributed by atoms with Gasteiger partial charge in [0, 0.05) is 37.4 Å². The lowest BCUT2D eigenvalue weighted by molar-refractivity contribution is 0.174. The zero-order valence-corrected chi connectivity index (χ0v) is 9.82. The molecule has 0 saturated carbocycles. The molecule has 1 atom stereocenters. The van der Waals surface area contributed by atoms with Crippen LogP contribution in [0, 0.1) is 0 Å². The molecule has 0 aliphatic carbocycles. The molecule has 3 nitrogen and oxygen atoms in total. The number of piperazine rings is 1. The lowest BCUT2D eigenvalue weighted by Gasteiger charge is -2.32. The molecule has 0 bridgehead atoms. The topological polar surface area (TPSA) is 35.5 Å². The molecule has 0 radical (unpaired) electrons. The molecule has 88 valence electrons. The Labute approximate surface area is 97.1 Å². The Morgan fingerprint density at radius 1 is 1.31 bits per heavy atom. The van der Waals surface area contributed by atoms with Gasteiger partial charge in [0.05, 0.1) is 6.10 Å². The molecule has 1 fully saturated rings. The van der Waals surface area contributed by atoms with Crippen LogP contribution in [-0.2, 0) is 0 Å². The Bertz CT molecular complexity index is 334. The fourth-order valence-corrected chi connectivity index (χ4v) is 2.18. The molecule has 16 heavy (non-hydrogen) atoms. The maximum Gasteiger partial charge on any atom is 0.0807 e. The summed E-state index contributed by atoms with van der Waals surface area (Å²) in [5.74, 6) is 0. The van der Waals surface area contributed by atoms with Crippen LogP contribution >= 0.6 is 0 Å². The van der Waals surface area contributed by atoms with Crippen LogP contribution < -0.4 is 10.2 Å². The molecule has 1 aliphatic heterocycles. The Morgan fingerprint density at radius 2 is 2.00 bits per heavy atom. The lowest BCUT2D eigenvalue weighted by Crippen LogP contribution is -2.44. The Balaban J connectivity index is 2.24. The molecule has 1 aliphatic rings. The molecule has 0 unspecified atom stereocenters. The van der Waals surface area contributed by atoms with E-state index in [0.717, 1.165) is 38.2 Å². The van der Waals surface area contributed by atoms with Gasteiger partial charge < -0.3 is 15.3 Å². The average Bonchev–Trinajstić information content (AvgIpc) is 2.39. The maximum absolute atomic E-state index is 10.00. The molecule has 1 saturated heterocycles. The summed E-state index contributed by atoms with van der Waals surface area (Å²) < 4.78 is 0. The van der Waals surface area contributed by atoms with Gasteiger partial charge in [-0.3, -0.25) is 0 Å². The Hall–Kier alpha value is -1.06. The molecular weight excluding hydrogens is 200 g/mol. The minimum atomic E-state index is -0.342. The summed E-state index contributed by atoms with van der Waals surface area (Å²) in [5.41, 5.74) is 2.25. The molecule has 0 aromatic heterocycles. The molecular formula is C13H20N2O. The number of aliphatic hydroxyl groups is 1. The number of nitrogens with zero attached hydrogens (tertiary/aromatic N) is 1. The number of para-hydroxylation sites is 1. The van der Waals surface area contributed by atoms with Crippen LogP contribution in [0.25, 0.3) is 0 Å². The van der Waals surface area contributed by atoms with Gasteiger partial charge in [-0.25, -0.2) is 0 Å². The van der Waals surface area contributed by atoms with Gasteiger partial charge in [-0.05, 0) is 12.5 Å². The second-order valence-electron chi connectivity index (χ2n) is 4.22. The maximum atomic E-state index is 10.00. The minimum Gasteiger partial charge on any atom is -0.388 e. The molecule has 1 heterocycles. The van der Waals surface area contributed by atoms with Gasteiger partial charge in [0.15, 0.2) is 0 Å². The van der Waals surface area contributed by atoms with Crippen LogP contribution in [0.3, 0.4) is 0 Å². The Morgan fingerprint density at radius 3 is 2.69 bits per heavy atom. The first-order valence-electron chi connectivity index (χ1n) is 6.05. The third-order valence-electron chi connectivity index (χ3n) is 3.14. The second-order valence-corrected chi connectivity index (χ2v) is 4.22. The number of aliphatic hydroxyl groups excluding tert-OH is 1. The molecule has 1 aromatic rings. The van der Waals surface area contributed by atoms with E-state index in [1.165, 1.54) is 5.69 Å². The van der Waals surface area contributed by atoms with Gasteiger partial charge in [-0.1, -0.05) is 25.1 Å². The average molecular weight is 220 g/mol. The first-order chi connectivity index (χ1) is 7.83. The molecule has 2 N–H and O–H groups in total. The smallest absolute Gasteiger partial charge is 0.0807 e. The van der Waals surface area contributed by atoms with Crippen LogP contribution in [0.2, 0.25) is 0 Å². The van der Waals surface area contributed by atoms with Gasteiger partial charge in [-0.15, -0.1) is 0 Å². The van der Waals surface area contributed by atoms with Crippen LogP contribution in [-0.4, -0.2) is 31.3 Å². The molecule has 3 heteroatoms. The molecule has 0 spiro atoms. The van der Waals surface area contributed by atoms with Gasteiger partial charge in [0.1, 0.15) is 0 Å². The monoisotopic (exact) mass is 220 g/mol. The van der Waals surface area contributed by atoms with E-state index in [-0.39, 0.29) is 6.10 Å². The van der Waals surface area contributed by atoms with Crippen molar-refractivity contribution in [3.8, 4) is 0 Å². The summed E-state index contributed by atoms with van der Waals surface area (Å²) in [4.78, 5) is 2.35. The summed E-state index contributed by atoms with van der Waals surface area (Å²) in [5, 5.41) is 13.3. The summed E-state index contributed by atoms with van der Waals surface area (Å²) in [6.45, 7) is 6.10. The van der Waals surface area contributed by atoms with Crippen molar-refractivity contribution in [3.05, 3.63) is 29.8 Å². The van der Waals surface area contributed by atoms with E-state index in [2.05, 4.69) is 16.3 Å². The fourth-order valence-electron chi connectivity index (χ4n) is 2.18. The van der Waals surface area contributed by atoms with E-state index in [4.69, 9.17) is 0 Å². The zero-order chi connectivity index (χ0) is 11.4. The number of nitrogens with one attached hydrogen (secondary N) is 1. The third kappa shape index (κ3) is 2.36. The quantitative estimate of drug-likeness (QED) is 0.811. The number of anilines is 1. The van der Waals surface area contributed by atoms with Crippen LogP contribution in [0.1, 0.15) is 25.0 Å². The van der Waals surface area contributed by atoms with E-state index >= 15 is 0 Å². The first kappa shape index (κ1) is 11.4. The largest absolute Gasteiger partial charge is 0.388 e. The van der Waals surface area contributed by atoms with Crippen LogP contribution in [0.5, 0.6) is 0 Å².